The number of amides is 1. The Morgan fingerprint density at radius 1 is 1.03 bits per heavy atom. The number of nitrogens with zero attached hydrogens (tertiary/aromatic N) is 5. The quantitative estimate of drug-likeness (QED) is 0.470. The monoisotopic (exact) mass is 412 g/mol. The molecular formula is C24H24N6O. The molecule has 1 fully saturated rings. The lowest BCUT2D eigenvalue weighted by Crippen LogP contribution is -2.38. The molecule has 0 saturated carbocycles. The van der Waals surface area contributed by atoms with Crippen molar-refractivity contribution in [3.63, 3.8) is 0 Å². The van der Waals surface area contributed by atoms with Gasteiger partial charge in [-0.15, -0.1) is 0 Å². The highest BCUT2D eigenvalue weighted by molar-refractivity contribution is 5.97. The second kappa shape index (κ2) is 8.55. The Hall–Kier alpha value is -3.74. The molecule has 156 valence electrons. The number of aryl methyl sites for hydroxylation is 1. The van der Waals surface area contributed by atoms with E-state index in [1.54, 1.807) is 12.5 Å². The van der Waals surface area contributed by atoms with Crippen LogP contribution in [0.2, 0.25) is 0 Å². The Balaban J connectivity index is 1.37. The van der Waals surface area contributed by atoms with Crippen LogP contribution in [-0.4, -0.2) is 45.1 Å². The van der Waals surface area contributed by atoms with Crippen molar-refractivity contribution >= 4 is 22.8 Å². The molecule has 31 heavy (non-hydrogen) atoms. The lowest BCUT2D eigenvalue weighted by molar-refractivity contribution is 0.0953. The standard InChI is InChI=1S/C24H24N6O/c31-24(26-10-4-12-29-15-11-25-17-29)19-8-9-20-21(16-19)27-22(18-6-2-1-3-7-18)23(28-20)30-13-5-14-30/h1-3,6-9,11,15-17H,4-5,10,12-14H2,(H,26,31). The first-order valence-corrected chi connectivity index (χ1v) is 10.6. The first-order valence-electron chi connectivity index (χ1n) is 10.6. The van der Waals surface area contributed by atoms with Crippen LogP contribution in [0.1, 0.15) is 23.2 Å². The van der Waals surface area contributed by atoms with Gasteiger partial charge in [-0.05, 0) is 31.0 Å². The molecule has 4 aromatic rings. The van der Waals surface area contributed by atoms with E-state index >= 15 is 0 Å². The van der Waals surface area contributed by atoms with Gasteiger partial charge in [0.25, 0.3) is 5.91 Å². The van der Waals surface area contributed by atoms with Gasteiger partial charge in [0.2, 0.25) is 0 Å². The summed E-state index contributed by atoms with van der Waals surface area (Å²) in [7, 11) is 0. The van der Waals surface area contributed by atoms with Gasteiger partial charge in [0.05, 0.1) is 17.4 Å². The van der Waals surface area contributed by atoms with Crippen LogP contribution in [0.3, 0.4) is 0 Å². The molecule has 0 radical (unpaired) electrons. The van der Waals surface area contributed by atoms with E-state index in [0.717, 1.165) is 54.2 Å². The van der Waals surface area contributed by atoms with Crippen LogP contribution >= 0.6 is 0 Å². The van der Waals surface area contributed by atoms with Crippen molar-refractivity contribution in [3.8, 4) is 11.3 Å². The summed E-state index contributed by atoms with van der Waals surface area (Å²) in [5, 5.41) is 2.99. The third-order valence-corrected chi connectivity index (χ3v) is 5.55. The van der Waals surface area contributed by atoms with Crippen LogP contribution in [0.4, 0.5) is 5.82 Å². The van der Waals surface area contributed by atoms with E-state index < -0.39 is 0 Å². The Labute approximate surface area is 180 Å². The highest BCUT2D eigenvalue weighted by atomic mass is 16.1. The van der Waals surface area contributed by atoms with Gasteiger partial charge in [-0.3, -0.25) is 4.79 Å². The normalized spacial score (nSPS) is 13.2. The molecule has 0 unspecified atom stereocenters. The number of anilines is 1. The lowest BCUT2D eigenvalue weighted by Gasteiger charge is -2.33. The number of rotatable bonds is 7. The summed E-state index contributed by atoms with van der Waals surface area (Å²) >= 11 is 0. The van der Waals surface area contributed by atoms with Gasteiger partial charge in [-0.2, -0.15) is 0 Å². The fourth-order valence-corrected chi connectivity index (χ4v) is 3.71. The van der Waals surface area contributed by atoms with E-state index in [9.17, 15) is 4.79 Å². The third kappa shape index (κ3) is 4.12. The zero-order chi connectivity index (χ0) is 21.0. The maximum absolute atomic E-state index is 12.6. The molecule has 2 aromatic carbocycles. The maximum Gasteiger partial charge on any atom is 0.251 e. The van der Waals surface area contributed by atoms with Gasteiger partial charge in [0.15, 0.2) is 5.82 Å². The molecule has 1 saturated heterocycles. The molecule has 1 amide bonds. The Morgan fingerprint density at radius 3 is 2.65 bits per heavy atom. The van der Waals surface area contributed by atoms with Gasteiger partial charge < -0.3 is 14.8 Å². The fraction of sp³-hybridized carbons (Fsp3) is 0.250. The molecule has 5 rings (SSSR count). The number of carbonyl (C=O) groups is 1. The van der Waals surface area contributed by atoms with Gasteiger partial charge in [0.1, 0.15) is 5.69 Å². The van der Waals surface area contributed by atoms with E-state index in [1.807, 2.05) is 47.2 Å². The first-order chi connectivity index (χ1) is 15.3. The highest BCUT2D eigenvalue weighted by Crippen LogP contribution is 2.32. The van der Waals surface area contributed by atoms with Crippen molar-refractivity contribution in [1.82, 2.24) is 24.8 Å². The third-order valence-electron chi connectivity index (χ3n) is 5.55. The number of hydrogen-bond donors (Lipinski definition) is 1. The minimum atomic E-state index is -0.0950. The fourth-order valence-electron chi connectivity index (χ4n) is 3.71. The molecule has 7 nitrogen and oxygen atoms in total. The largest absolute Gasteiger partial charge is 0.355 e. The van der Waals surface area contributed by atoms with Crippen molar-refractivity contribution < 1.29 is 4.79 Å². The van der Waals surface area contributed by atoms with Crippen LogP contribution in [0.25, 0.3) is 22.3 Å². The molecule has 0 spiro atoms. The molecule has 0 atom stereocenters. The zero-order valence-electron chi connectivity index (χ0n) is 17.2. The minimum absolute atomic E-state index is 0.0950. The molecular weight excluding hydrogens is 388 g/mol. The number of hydrogen-bond acceptors (Lipinski definition) is 5. The van der Waals surface area contributed by atoms with Gasteiger partial charge in [-0.25, -0.2) is 15.0 Å². The van der Waals surface area contributed by atoms with Crippen molar-refractivity contribution in [2.45, 2.75) is 19.4 Å². The average Bonchev–Trinajstić information content (AvgIpc) is 3.29. The Morgan fingerprint density at radius 2 is 1.90 bits per heavy atom. The predicted molar refractivity (Wildman–Crippen MR) is 121 cm³/mol. The van der Waals surface area contributed by atoms with E-state index in [1.165, 1.54) is 6.42 Å². The molecule has 3 heterocycles. The van der Waals surface area contributed by atoms with Gasteiger partial charge in [0, 0.05) is 49.7 Å². The van der Waals surface area contributed by atoms with Crippen LogP contribution in [0, 0.1) is 0 Å². The van der Waals surface area contributed by atoms with Crippen LogP contribution in [0.5, 0.6) is 0 Å². The number of carbonyl (C=O) groups excluding carboxylic acids is 1. The summed E-state index contributed by atoms with van der Waals surface area (Å²) < 4.78 is 2.00. The Bertz CT molecular complexity index is 1190. The van der Waals surface area contributed by atoms with Gasteiger partial charge in [-0.1, -0.05) is 30.3 Å². The SMILES string of the molecule is O=C(NCCCn1ccnc1)c1ccc2nc(N3CCC3)c(-c3ccccc3)nc2c1. The first kappa shape index (κ1) is 19.2. The lowest BCUT2D eigenvalue weighted by atomic mass is 10.1. The van der Waals surface area contributed by atoms with E-state index in [2.05, 4.69) is 27.3 Å². The summed E-state index contributed by atoms with van der Waals surface area (Å²) in [6.07, 6.45) is 7.47. The molecule has 1 N–H and O–H groups in total. The number of imidazole rings is 1. The Kier molecular flexibility index (Phi) is 5.31. The van der Waals surface area contributed by atoms with E-state index in [-0.39, 0.29) is 5.91 Å². The second-order valence-corrected chi connectivity index (χ2v) is 7.72. The topological polar surface area (TPSA) is 75.9 Å². The summed E-state index contributed by atoms with van der Waals surface area (Å²) in [6.45, 7) is 3.42. The summed E-state index contributed by atoms with van der Waals surface area (Å²) in [5.41, 5.74) is 4.03. The number of fused-ring (bicyclic) bond motifs is 1. The van der Waals surface area contributed by atoms with Crippen LogP contribution in [-0.2, 0) is 6.54 Å². The molecule has 0 aliphatic carbocycles. The van der Waals surface area contributed by atoms with E-state index in [0.29, 0.717) is 12.1 Å². The van der Waals surface area contributed by atoms with Crippen LogP contribution < -0.4 is 10.2 Å². The van der Waals surface area contributed by atoms with Crippen molar-refractivity contribution in [1.29, 1.82) is 0 Å². The van der Waals surface area contributed by atoms with Crippen LogP contribution in [0.15, 0.2) is 67.3 Å². The zero-order valence-corrected chi connectivity index (χ0v) is 17.2. The van der Waals surface area contributed by atoms with E-state index in [4.69, 9.17) is 9.97 Å². The highest BCUT2D eigenvalue weighted by Gasteiger charge is 2.22. The van der Waals surface area contributed by atoms with Crippen molar-refractivity contribution in [3.05, 3.63) is 72.8 Å². The molecule has 1 aliphatic rings. The molecule has 1 aliphatic heterocycles. The maximum atomic E-state index is 12.6. The smallest absolute Gasteiger partial charge is 0.251 e. The van der Waals surface area contributed by atoms with Gasteiger partial charge >= 0.3 is 0 Å². The predicted octanol–water partition coefficient (Wildman–Crippen LogP) is 3.52. The summed E-state index contributed by atoms with van der Waals surface area (Å²) in [4.78, 5) is 28.8. The summed E-state index contributed by atoms with van der Waals surface area (Å²) in [6, 6.07) is 15.7. The summed E-state index contributed by atoms with van der Waals surface area (Å²) in [5.74, 6) is 0.823. The molecule has 0 bridgehead atoms. The number of aromatic nitrogens is 4. The second-order valence-electron chi connectivity index (χ2n) is 7.72. The molecule has 7 heteroatoms. The minimum Gasteiger partial charge on any atom is -0.355 e. The average molecular weight is 412 g/mol. The molecule has 2 aromatic heterocycles. The van der Waals surface area contributed by atoms with Crippen molar-refractivity contribution in [2.24, 2.45) is 0 Å². The van der Waals surface area contributed by atoms with Crippen molar-refractivity contribution in [2.75, 3.05) is 24.5 Å². The number of benzene rings is 2. The number of nitrogens with one attached hydrogen (secondary N) is 1.